The van der Waals surface area contributed by atoms with Crippen LogP contribution in [0.25, 0.3) is 6.08 Å². The molecule has 0 heterocycles. The molecular weight excluding hydrogens is 272 g/mol. The number of hydrogen-bond acceptors (Lipinski definition) is 1. The molecule has 1 N–H and O–H groups in total. The summed E-state index contributed by atoms with van der Waals surface area (Å²) in [6.45, 7) is 2.25. The van der Waals surface area contributed by atoms with Crippen LogP contribution in [0, 0.1) is 0 Å². The van der Waals surface area contributed by atoms with E-state index in [4.69, 9.17) is 5.11 Å². The summed E-state index contributed by atoms with van der Waals surface area (Å²) in [4.78, 5) is 10.5. The lowest BCUT2D eigenvalue weighted by Crippen LogP contribution is -1.97. The average Bonchev–Trinajstić information content (AvgIpc) is 2.52. The van der Waals surface area contributed by atoms with E-state index in [9.17, 15) is 4.79 Å². The second kappa shape index (κ2) is 12.0. The van der Waals surface area contributed by atoms with Crippen molar-refractivity contribution in [2.45, 2.75) is 71.1 Å². The van der Waals surface area contributed by atoms with E-state index >= 15 is 0 Å². The summed E-state index contributed by atoms with van der Waals surface area (Å²) in [7, 11) is 0. The summed E-state index contributed by atoms with van der Waals surface area (Å²) in [6, 6.07) is 8.18. The molecule has 22 heavy (non-hydrogen) atoms. The fraction of sp³-hybridized carbons (Fsp3) is 0.550. The maximum absolute atomic E-state index is 10.5. The topological polar surface area (TPSA) is 37.3 Å². The molecule has 0 saturated carbocycles. The number of aliphatic carboxylic acids is 1. The highest BCUT2D eigenvalue weighted by Gasteiger charge is 1.98. The molecule has 0 unspecified atom stereocenters. The van der Waals surface area contributed by atoms with Crippen LogP contribution in [-0.2, 0) is 11.2 Å². The fourth-order valence-electron chi connectivity index (χ4n) is 2.49. The zero-order chi connectivity index (χ0) is 16.0. The lowest BCUT2D eigenvalue weighted by atomic mass is 10.1. The summed E-state index contributed by atoms with van der Waals surface area (Å²) in [5.41, 5.74) is 2.29. The number of carboxylic acids is 1. The number of carbonyl (C=O) groups is 1. The van der Waals surface area contributed by atoms with Gasteiger partial charge in [-0.05, 0) is 30.4 Å². The molecular formula is C20H30O2. The molecule has 0 bridgehead atoms. The minimum absolute atomic E-state index is 0.202. The van der Waals surface area contributed by atoms with Gasteiger partial charge in [-0.2, -0.15) is 0 Å². The first-order chi connectivity index (χ1) is 10.7. The molecule has 0 radical (unpaired) electrons. The fourth-order valence-corrected chi connectivity index (χ4v) is 2.49. The van der Waals surface area contributed by atoms with Crippen molar-refractivity contribution in [1.82, 2.24) is 0 Å². The molecule has 2 nitrogen and oxygen atoms in total. The zero-order valence-corrected chi connectivity index (χ0v) is 13.9. The normalized spacial score (nSPS) is 11.1. The van der Waals surface area contributed by atoms with Gasteiger partial charge in [-0.1, -0.05) is 81.9 Å². The van der Waals surface area contributed by atoms with Gasteiger partial charge in [-0.3, -0.25) is 4.79 Å². The molecule has 0 aromatic heterocycles. The van der Waals surface area contributed by atoms with Gasteiger partial charge in [0.2, 0.25) is 0 Å². The summed E-state index contributed by atoms with van der Waals surface area (Å²) >= 11 is 0. The lowest BCUT2D eigenvalue weighted by molar-refractivity contribution is -0.136. The van der Waals surface area contributed by atoms with Crippen molar-refractivity contribution >= 4 is 12.0 Å². The van der Waals surface area contributed by atoms with Gasteiger partial charge in [0.15, 0.2) is 0 Å². The molecule has 1 aromatic carbocycles. The Morgan fingerprint density at radius 3 is 2.27 bits per heavy atom. The molecule has 1 aromatic rings. The molecule has 0 fully saturated rings. The van der Waals surface area contributed by atoms with E-state index in [2.05, 4.69) is 31.2 Å². The highest BCUT2D eigenvalue weighted by Crippen LogP contribution is 2.11. The van der Waals surface area contributed by atoms with E-state index in [0.717, 1.165) is 12.0 Å². The highest BCUT2D eigenvalue weighted by atomic mass is 16.4. The van der Waals surface area contributed by atoms with Gasteiger partial charge >= 0.3 is 5.97 Å². The number of carboxylic acid groups (broad SMARTS) is 1. The minimum atomic E-state index is -0.737. The quantitative estimate of drug-likeness (QED) is 0.491. The Hall–Kier alpha value is -1.57. The molecule has 0 amide bonds. The smallest absolute Gasteiger partial charge is 0.303 e. The van der Waals surface area contributed by atoms with Crippen molar-refractivity contribution in [1.29, 1.82) is 0 Å². The van der Waals surface area contributed by atoms with E-state index in [1.54, 1.807) is 0 Å². The molecule has 1 rings (SSSR count). The van der Waals surface area contributed by atoms with Crippen LogP contribution in [0.3, 0.4) is 0 Å². The van der Waals surface area contributed by atoms with Crippen molar-refractivity contribution in [3.63, 3.8) is 0 Å². The van der Waals surface area contributed by atoms with Crippen molar-refractivity contribution < 1.29 is 9.90 Å². The summed E-state index contributed by atoms with van der Waals surface area (Å²) < 4.78 is 0. The second-order valence-corrected chi connectivity index (χ2v) is 5.95. The standard InChI is InChI=1S/C20H30O2/c1-2-3-4-5-6-7-8-9-10-11-18-12-14-19(15-13-18)16-17-20(21)22/h10-15H,2-9,16-17H2,1H3,(H,21,22). The van der Waals surface area contributed by atoms with Gasteiger partial charge in [0.1, 0.15) is 0 Å². The molecule has 2 heteroatoms. The van der Waals surface area contributed by atoms with Gasteiger partial charge in [-0.25, -0.2) is 0 Å². The van der Waals surface area contributed by atoms with Crippen LogP contribution in [0.2, 0.25) is 0 Å². The van der Waals surface area contributed by atoms with Gasteiger partial charge in [0.05, 0.1) is 0 Å². The van der Waals surface area contributed by atoms with Crippen molar-refractivity contribution in [3.05, 3.63) is 41.5 Å². The monoisotopic (exact) mass is 302 g/mol. The highest BCUT2D eigenvalue weighted by molar-refractivity contribution is 5.67. The number of hydrogen-bond donors (Lipinski definition) is 1. The Morgan fingerprint density at radius 2 is 1.64 bits per heavy atom. The van der Waals surface area contributed by atoms with Crippen molar-refractivity contribution in [2.75, 3.05) is 0 Å². The van der Waals surface area contributed by atoms with E-state index < -0.39 is 5.97 Å². The Kier molecular flexibility index (Phi) is 10.1. The van der Waals surface area contributed by atoms with Crippen LogP contribution in [-0.4, -0.2) is 11.1 Å². The number of benzene rings is 1. The van der Waals surface area contributed by atoms with Crippen LogP contribution in [0.5, 0.6) is 0 Å². The van der Waals surface area contributed by atoms with E-state index in [1.165, 1.54) is 50.5 Å². The van der Waals surface area contributed by atoms with E-state index in [-0.39, 0.29) is 6.42 Å². The number of rotatable bonds is 12. The Labute approximate surface area is 135 Å². The number of allylic oxidation sites excluding steroid dienone is 1. The molecule has 0 aliphatic rings. The first-order valence-electron chi connectivity index (χ1n) is 8.69. The minimum Gasteiger partial charge on any atom is -0.481 e. The number of aryl methyl sites for hydroxylation is 1. The largest absolute Gasteiger partial charge is 0.481 e. The molecule has 0 aliphatic heterocycles. The second-order valence-electron chi connectivity index (χ2n) is 5.95. The third kappa shape index (κ3) is 9.38. The van der Waals surface area contributed by atoms with Crippen molar-refractivity contribution in [3.8, 4) is 0 Å². The third-order valence-corrected chi connectivity index (χ3v) is 3.89. The van der Waals surface area contributed by atoms with Crippen LogP contribution in [0.15, 0.2) is 30.3 Å². The predicted molar refractivity (Wildman–Crippen MR) is 94.0 cm³/mol. The molecule has 0 spiro atoms. The first kappa shape index (κ1) is 18.5. The van der Waals surface area contributed by atoms with E-state index in [1.807, 2.05) is 12.1 Å². The summed E-state index contributed by atoms with van der Waals surface area (Å²) in [5.74, 6) is -0.737. The van der Waals surface area contributed by atoms with Crippen LogP contribution in [0.4, 0.5) is 0 Å². The first-order valence-corrected chi connectivity index (χ1v) is 8.69. The summed E-state index contributed by atoms with van der Waals surface area (Å²) in [6.07, 6.45) is 15.8. The molecule has 0 atom stereocenters. The lowest BCUT2D eigenvalue weighted by Gasteiger charge is -2.00. The summed E-state index contributed by atoms with van der Waals surface area (Å²) in [5, 5.41) is 8.67. The van der Waals surface area contributed by atoms with Crippen molar-refractivity contribution in [2.24, 2.45) is 0 Å². The average molecular weight is 302 g/mol. The SMILES string of the molecule is CCCCCCCCCC=Cc1ccc(CCC(=O)O)cc1. The van der Waals surface area contributed by atoms with Crippen LogP contribution < -0.4 is 0 Å². The zero-order valence-electron chi connectivity index (χ0n) is 13.9. The van der Waals surface area contributed by atoms with Gasteiger partial charge in [0, 0.05) is 6.42 Å². The van der Waals surface area contributed by atoms with Gasteiger partial charge in [0.25, 0.3) is 0 Å². The number of unbranched alkanes of at least 4 members (excludes halogenated alkanes) is 7. The molecule has 122 valence electrons. The van der Waals surface area contributed by atoms with Crippen LogP contribution >= 0.6 is 0 Å². The third-order valence-electron chi connectivity index (χ3n) is 3.89. The predicted octanol–water partition coefficient (Wildman–Crippen LogP) is 5.86. The molecule has 0 saturated heterocycles. The van der Waals surface area contributed by atoms with E-state index in [0.29, 0.717) is 6.42 Å². The Balaban J connectivity index is 2.14. The van der Waals surface area contributed by atoms with Crippen LogP contribution in [0.1, 0.15) is 75.8 Å². The maximum atomic E-state index is 10.5. The molecule has 0 aliphatic carbocycles. The van der Waals surface area contributed by atoms with Gasteiger partial charge in [-0.15, -0.1) is 0 Å². The Morgan fingerprint density at radius 1 is 1.00 bits per heavy atom. The Bertz CT molecular complexity index is 432. The van der Waals surface area contributed by atoms with Gasteiger partial charge < -0.3 is 5.11 Å². The maximum Gasteiger partial charge on any atom is 0.303 e.